The summed E-state index contributed by atoms with van der Waals surface area (Å²) in [5, 5.41) is 11.5. The van der Waals surface area contributed by atoms with Crippen LogP contribution in [-0.2, 0) is 4.84 Å². The van der Waals surface area contributed by atoms with Crippen LogP contribution in [0.25, 0.3) is 0 Å². The van der Waals surface area contributed by atoms with Crippen LogP contribution in [-0.4, -0.2) is 23.7 Å². The lowest BCUT2D eigenvalue weighted by Crippen LogP contribution is -2.28. The number of hydrogen-bond donors (Lipinski definition) is 3. The van der Waals surface area contributed by atoms with Gasteiger partial charge in [0.25, 0.3) is 5.91 Å². The molecule has 134 valence electrons. The highest BCUT2D eigenvalue weighted by molar-refractivity contribution is 14.1. The molecule has 0 saturated heterocycles. The number of benzene rings is 2. The van der Waals surface area contributed by atoms with Crippen molar-refractivity contribution in [3.8, 4) is 0 Å². The number of hydroxylamine groups is 1. The molecule has 0 fully saturated rings. The Hall–Kier alpha value is -1.49. The molecule has 1 unspecified atom stereocenters. The number of carbonyl (C=O) groups is 1. The fourth-order valence-electron chi connectivity index (χ4n) is 1.86. The van der Waals surface area contributed by atoms with Crippen LogP contribution < -0.4 is 10.8 Å². The van der Waals surface area contributed by atoms with Crippen LogP contribution in [0.4, 0.5) is 20.2 Å². The quantitative estimate of drug-likeness (QED) is 0.430. The molecule has 9 heteroatoms. The summed E-state index contributed by atoms with van der Waals surface area (Å²) in [5.41, 5.74) is 2.15. The Kier molecular flexibility index (Phi) is 6.94. The number of amides is 1. The molecule has 0 aliphatic heterocycles. The molecular formula is C16H14ClF2IN2O3. The minimum atomic E-state index is -0.782. The summed E-state index contributed by atoms with van der Waals surface area (Å²) in [5.74, 6) is -2.05. The smallest absolute Gasteiger partial charge is 0.277 e. The van der Waals surface area contributed by atoms with E-state index in [2.05, 4.69) is 10.8 Å². The Balaban J connectivity index is 2.30. The molecule has 0 heterocycles. The van der Waals surface area contributed by atoms with Gasteiger partial charge >= 0.3 is 0 Å². The summed E-state index contributed by atoms with van der Waals surface area (Å²) in [6, 6.07) is 6.51. The Bertz CT molecular complexity index is 790. The number of anilines is 2. The van der Waals surface area contributed by atoms with Crippen molar-refractivity contribution < 1.29 is 23.5 Å². The van der Waals surface area contributed by atoms with Crippen molar-refractivity contribution in [3.63, 3.8) is 0 Å². The molecule has 0 spiro atoms. The highest BCUT2D eigenvalue weighted by Gasteiger charge is 2.17. The van der Waals surface area contributed by atoms with Crippen molar-refractivity contribution in [2.45, 2.75) is 13.0 Å². The number of rotatable bonds is 6. The zero-order valence-corrected chi connectivity index (χ0v) is 15.9. The molecule has 0 saturated carbocycles. The SMILES string of the molecule is CC(O)CONC(=O)c1cc(Cl)c(F)cc1Nc1ccc(I)cc1F. The second kappa shape index (κ2) is 8.75. The molecule has 0 radical (unpaired) electrons. The summed E-state index contributed by atoms with van der Waals surface area (Å²) >= 11 is 7.68. The third-order valence-electron chi connectivity index (χ3n) is 2.99. The van der Waals surface area contributed by atoms with E-state index in [-0.39, 0.29) is 28.6 Å². The van der Waals surface area contributed by atoms with Crippen LogP contribution in [0.2, 0.25) is 5.02 Å². The fraction of sp³-hybridized carbons (Fsp3) is 0.188. The molecule has 2 rings (SSSR count). The van der Waals surface area contributed by atoms with Crippen LogP contribution >= 0.6 is 34.2 Å². The van der Waals surface area contributed by atoms with Gasteiger partial charge in [0, 0.05) is 3.57 Å². The van der Waals surface area contributed by atoms with E-state index in [1.807, 2.05) is 22.6 Å². The first kappa shape index (κ1) is 19.8. The zero-order valence-electron chi connectivity index (χ0n) is 12.9. The van der Waals surface area contributed by atoms with Crippen molar-refractivity contribution in [3.05, 3.63) is 56.1 Å². The monoisotopic (exact) mass is 482 g/mol. The van der Waals surface area contributed by atoms with Gasteiger partial charge in [0.1, 0.15) is 18.2 Å². The Morgan fingerprint density at radius 3 is 2.64 bits per heavy atom. The second-order valence-corrected chi connectivity index (χ2v) is 6.81. The maximum atomic E-state index is 14.0. The maximum Gasteiger partial charge on any atom is 0.277 e. The highest BCUT2D eigenvalue weighted by atomic mass is 127. The number of aliphatic hydroxyl groups excluding tert-OH is 1. The molecule has 0 aliphatic carbocycles. The lowest BCUT2D eigenvalue weighted by Gasteiger charge is -2.14. The fourth-order valence-corrected chi connectivity index (χ4v) is 2.47. The van der Waals surface area contributed by atoms with E-state index < -0.39 is 23.6 Å². The normalized spacial score (nSPS) is 11.9. The third kappa shape index (κ3) is 5.50. The molecule has 1 atom stereocenters. The molecule has 1 amide bonds. The Morgan fingerprint density at radius 2 is 2.00 bits per heavy atom. The van der Waals surface area contributed by atoms with E-state index >= 15 is 0 Å². The van der Waals surface area contributed by atoms with Crippen LogP contribution in [0.5, 0.6) is 0 Å². The van der Waals surface area contributed by atoms with E-state index in [0.717, 1.165) is 12.1 Å². The molecule has 3 N–H and O–H groups in total. The van der Waals surface area contributed by atoms with Crippen molar-refractivity contribution in [1.82, 2.24) is 5.48 Å². The molecule has 0 aliphatic rings. The van der Waals surface area contributed by atoms with Gasteiger partial charge in [0.05, 0.1) is 28.1 Å². The lowest BCUT2D eigenvalue weighted by molar-refractivity contribution is -0.00682. The molecule has 0 aromatic heterocycles. The van der Waals surface area contributed by atoms with E-state index in [0.29, 0.717) is 3.57 Å². The highest BCUT2D eigenvalue weighted by Crippen LogP contribution is 2.28. The molecule has 2 aromatic rings. The second-order valence-electron chi connectivity index (χ2n) is 5.15. The van der Waals surface area contributed by atoms with Gasteiger partial charge in [0.2, 0.25) is 0 Å². The standard InChI is InChI=1S/C16H14ClF2IN2O3/c1-8(23)7-25-22-16(24)10-5-11(17)12(18)6-15(10)21-14-3-2-9(20)4-13(14)19/h2-6,8,21,23H,7H2,1H3,(H,22,24). The van der Waals surface area contributed by atoms with Crippen LogP contribution in [0, 0.1) is 15.2 Å². The first-order valence-electron chi connectivity index (χ1n) is 7.09. The van der Waals surface area contributed by atoms with Crippen molar-refractivity contribution in [2.75, 3.05) is 11.9 Å². The maximum absolute atomic E-state index is 14.0. The first-order valence-corrected chi connectivity index (χ1v) is 8.55. The predicted molar refractivity (Wildman–Crippen MR) is 98.9 cm³/mol. The summed E-state index contributed by atoms with van der Waals surface area (Å²) in [6.07, 6.45) is -0.782. The van der Waals surface area contributed by atoms with E-state index in [4.69, 9.17) is 21.5 Å². The Labute approximate surface area is 161 Å². The average molecular weight is 483 g/mol. The summed E-state index contributed by atoms with van der Waals surface area (Å²) < 4.78 is 28.5. The molecule has 2 aromatic carbocycles. The van der Waals surface area contributed by atoms with E-state index in [9.17, 15) is 13.6 Å². The topological polar surface area (TPSA) is 70.6 Å². The third-order valence-corrected chi connectivity index (χ3v) is 3.96. The van der Waals surface area contributed by atoms with E-state index in [1.165, 1.54) is 19.1 Å². The largest absolute Gasteiger partial charge is 0.391 e. The minimum absolute atomic E-state index is 0.0140. The number of nitrogens with one attached hydrogen (secondary N) is 2. The molecular weight excluding hydrogens is 469 g/mol. The van der Waals surface area contributed by atoms with Gasteiger partial charge in [-0.05, 0) is 59.8 Å². The Morgan fingerprint density at radius 1 is 1.28 bits per heavy atom. The van der Waals surface area contributed by atoms with Gasteiger partial charge in [-0.25, -0.2) is 14.3 Å². The minimum Gasteiger partial charge on any atom is -0.391 e. The van der Waals surface area contributed by atoms with Gasteiger partial charge in [-0.3, -0.25) is 9.63 Å². The number of halogens is 4. The molecule has 5 nitrogen and oxygen atoms in total. The van der Waals surface area contributed by atoms with Crippen molar-refractivity contribution in [1.29, 1.82) is 0 Å². The zero-order chi connectivity index (χ0) is 18.6. The number of carbonyl (C=O) groups excluding carboxylic acids is 1. The first-order chi connectivity index (χ1) is 11.8. The van der Waals surface area contributed by atoms with Crippen LogP contribution in [0.1, 0.15) is 17.3 Å². The van der Waals surface area contributed by atoms with Gasteiger partial charge in [-0.2, -0.15) is 0 Å². The lowest BCUT2D eigenvalue weighted by atomic mass is 10.1. The molecule has 25 heavy (non-hydrogen) atoms. The van der Waals surface area contributed by atoms with Gasteiger partial charge < -0.3 is 10.4 Å². The van der Waals surface area contributed by atoms with Crippen molar-refractivity contribution in [2.24, 2.45) is 0 Å². The number of hydrogen-bond acceptors (Lipinski definition) is 4. The van der Waals surface area contributed by atoms with Gasteiger partial charge in [-0.15, -0.1) is 0 Å². The van der Waals surface area contributed by atoms with Gasteiger partial charge in [0.15, 0.2) is 0 Å². The summed E-state index contributed by atoms with van der Waals surface area (Å²) in [4.78, 5) is 17.0. The summed E-state index contributed by atoms with van der Waals surface area (Å²) in [6.45, 7) is 1.35. The van der Waals surface area contributed by atoms with E-state index in [1.54, 1.807) is 6.07 Å². The van der Waals surface area contributed by atoms with Crippen molar-refractivity contribution >= 4 is 51.5 Å². The average Bonchev–Trinajstić information content (AvgIpc) is 2.52. The molecule has 0 bridgehead atoms. The summed E-state index contributed by atoms with van der Waals surface area (Å²) in [7, 11) is 0. The van der Waals surface area contributed by atoms with Crippen LogP contribution in [0.3, 0.4) is 0 Å². The van der Waals surface area contributed by atoms with Gasteiger partial charge in [-0.1, -0.05) is 11.6 Å². The predicted octanol–water partition coefficient (Wildman–Crippen LogP) is 4.01. The number of aliphatic hydroxyl groups is 1. The van der Waals surface area contributed by atoms with Crippen LogP contribution in [0.15, 0.2) is 30.3 Å².